The molecule has 0 unspecified atom stereocenters. The first kappa shape index (κ1) is 17.4. The Bertz CT molecular complexity index is 508. The maximum atomic E-state index is 6.42. The van der Waals surface area contributed by atoms with E-state index in [1.807, 2.05) is 6.92 Å². The van der Waals surface area contributed by atoms with Crippen LogP contribution in [0.25, 0.3) is 0 Å². The Balaban J connectivity index is 1.72. The molecular weight excluding hydrogens is 324 g/mol. The Morgan fingerprint density at radius 3 is 2.46 bits per heavy atom. The van der Waals surface area contributed by atoms with E-state index in [0.717, 1.165) is 19.3 Å². The summed E-state index contributed by atoms with van der Waals surface area (Å²) in [5.41, 5.74) is -0.480. The fraction of sp³-hybridized carbons (Fsp3) is 1.00. The van der Waals surface area contributed by atoms with Crippen LogP contribution in [0, 0.1) is 23.7 Å². The average molecular weight is 357 g/mol. The number of hydrogen-bond acceptors (Lipinski definition) is 5. The van der Waals surface area contributed by atoms with Crippen LogP contribution < -0.4 is 0 Å². The predicted molar refractivity (Wildman–Crippen MR) is 91.3 cm³/mol. The minimum atomic E-state index is -1.71. The van der Waals surface area contributed by atoms with Crippen molar-refractivity contribution in [3.8, 4) is 0 Å². The van der Waals surface area contributed by atoms with Gasteiger partial charge in [0.2, 0.25) is 5.79 Å². The lowest BCUT2D eigenvalue weighted by atomic mass is 9.58. The van der Waals surface area contributed by atoms with E-state index in [-0.39, 0.29) is 12.2 Å². The molecule has 5 fully saturated rings. The fourth-order valence-electron chi connectivity index (χ4n) is 5.36. The van der Waals surface area contributed by atoms with Crippen LogP contribution in [0.5, 0.6) is 0 Å². The zero-order valence-corrected chi connectivity index (χ0v) is 16.8. The van der Waals surface area contributed by atoms with Gasteiger partial charge in [-0.25, -0.2) is 9.78 Å². The minimum absolute atomic E-state index is 0.210. The molecule has 0 amide bonds. The molecule has 5 rings (SSSR count). The van der Waals surface area contributed by atoms with Gasteiger partial charge in [0.25, 0.3) is 0 Å². The van der Waals surface area contributed by atoms with Crippen molar-refractivity contribution in [3.05, 3.63) is 0 Å². The van der Waals surface area contributed by atoms with Gasteiger partial charge in [0.05, 0.1) is 0 Å². The molecule has 5 nitrogen and oxygen atoms in total. The Morgan fingerprint density at radius 2 is 1.75 bits per heavy atom. The van der Waals surface area contributed by atoms with E-state index in [0.29, 0.717) is 17.8 Å². The van der Waals surface area contributed by atoms with Crippen LogP contribution in [-0.4, -0.2) is 32.3 Å². The molecule has 6 heteroatoms. The van der Waals surface area contributed by atoms with Crippen LogP contribution in [0.3, 0.4) is 0 Å². The van der Waals surface area contributed by atoms with Crippen LogP contribution in [-0.2, 0) is 23.7 Å². The smallest absolute Gasteiger partial charge is 0.201 e. The van der Waals surface area contributed by atoms with Gasteiger partial charge in [-0.15, -0.1) is 0 Å². The number of fused-ring (bicyclic) bond motifs is 2. The summed E-state index contributed by atoms with van der Waals surface area (Å²) in [6, 6.07) is 0. The number of ether oxygens (including phenoxy) is 2. The Kier molecular flexibility index (Phi) is 4.00. The third kappa shape index (κ3) is 2.53. The summed E-state index contributed by atoms with van der Waals surface area (Å²) in [6.07, 6.45) is 3.67. The molecule has 4 saturated heterocycles. The topological polar surface area (TPSA) is 46.2 Å². The summed E-state index contributed by atoms with van der Waals surface area (Å²) < 4.78 is 19.1. The molecule has 0 aromatic rings. The van der Waals surface area contributed by atoms with Crippen molar-refractivity contribution in [1.29, 1.82) is 0 Å². The van der Waals surface area contributed by atoms with Gasteiger partial charge in [-0.05, 0) is 57.7 Å². The van der Waals surface area contributed by atoms with Crippen LogP contribution in [0.1, 0.15) is 46.5 Å². The molecule has 24 heavy (non-hydrogen) atoms. The third-order valence-corrected chi connectivity index (χ3v) is 7.51. The van der Waals surface area contributed by atoms with Gasteiger partial charge >= 0.3 is 0 Å². The molecule has 2 bridgehead atoms. The van der Waals surface area contributed by atoms with E-state index < -0.39 is 26.0 Å². The fourth-order valence-corrected chi connectivity index (χ4v) is 6.32. The third-order valence-electron chi connectivity index (χ3n) is 6.57. The van der Waals surface area contributed by atoms with Gasteiger partial charge in [-0.2, -0.15) is 0 Å². The van der Waals surface area contributed by atoms with Crippen molar-refractivity contribution in [2.45, 2.75) is 90.1 Å². The van der Waals surface area contributed by atoms with E-state index in [1.54, 1.807) is 0 Å². The lowest BCUT2D eigenvalue weighted by Crippen LogP contribution is -2.70. The van der Waals surface area contributed by atoms with Crippen molar-refractivity contribution < 1.29 is 23.7 Å². The monoisotopic (exact) mass is 356 g/mol. The molecule has 4 aliphatic heterocycles. The number of hydrogen-bond donors (Lipinski definition) is 0. The summed E-state index contributed by atoms with van der Waals surface area (Å²) in [5.74, 6) is 0.934. The van der Waals surface area contributed by atoms with Crippen molar-refractivity contribution in [2.75, 3.05) is 0 Å². The summed E-state index contributed by atoms with van der Waals surface area (Å²) in [5, 5.41) is 0. The maximum Gasteiger partial charge on any atom is 0.201 e. The second-order valence-corrected chi connectivity index (χ2v) is 14.0. The Labute approximate surface area is 146 Å². The van der Waals surface area contributed by atoms with Gasteiger partial charge in [-0.3, -0.25) is 0 Å². The van der Waals surface area contributed by atoms with E-state index in [9.17, 15) is 0 Å². The SMILES string of the molecule is C[C@H]1[C@H](O[Si](C)(C)C)O[C@@H]2O[C@@]3(C)CC[C@H]4[C@H](C)CC[C@@H]1[C@@]24OO3. The lowest BCUT2D eigenvalue weighted by molar-refractivity contribution is -0.576. The minimum Gasteiger partial charge on any atom is -0.393 e. The highest BCUT2D eigenvalue weighted by atomic mass is 28.4. The van der Waals surface area contributed by atoms with E-state index in [4.69, 9.17) is 23.7 Å². The Hall–Kier alpha value is 0.0169. The molecule has 138 valence electrons. The van der Waals surface area contributed by atoms with Crippen molar-refractivity contribution in [2.24, 2.45) is 23.7 Å². The highest BCUT2D eigenvalue weighted by Gasteiger charge is 2.69. The molecule has 4 heterocycles. The van der Waals surface area contributed by atoms with Gasteiger partial charge in [-0.1, -0.05) is 13.8 Å². The van der Waals surface area contributed by atoms with Gasteiger partial charge < -0.3 is 13.9 Å². The van der Waals surface area contributed by atoms with Gasteiger partial charge in [0, 0.05) is 18.3 Å². The molecule has 0 aromatic heterocycles. The van der Waals surface area contributed by atoms with Crippen molar-refractivity contribution in [3.63, 3.8) is 0 Å². The maximum absolute atomic E-state index is 6.42. The molecule has 0 aromatic carbocycles. The highest BCUT2D eigenvalue weighted by molar-refractivity contribution is 6.69. The average Bonchev–Trinajstić information content (AvgIpc) is 2.69. The van der Waals surface area contributed by atoms with E-state index in [1.165, 1.54) is 6.42 Å². The molecule has 0 N–H and O–H groups in total. The molecular formula is C18H32O5Si. The molecule has 5 aliphatic rings. The second kappa shape index (κ2) is 5.51. The zero-order chi connectivity index (χ0) is 17.3. The summed E-state index contributed by atoms with van der Waals surface area (Å²) >= 11 is 0. The first-order valence-electron chi connectivity index (χ1n) is 9.52. The first-order valence-corrected chi connectivity index (χ1v) is 12.9. The van der Waals surface area contributed by atoms with E-state index >= 15 is 0 Å². The normalized spacial score (nSPS) is 54.2. The molecule has 1 spiro atoms. The van der Waals surface area contributed by atoms with Gasteiger partial charge in [0.1, 0.15) is 0 Å². The van der Waals surface area contributed by atoms with Crippen LogP contribution >= 0.6 is 0 Å². The highest BCUT2D eigenvalue weighted by Crippen LogP contribution is 2.60. The summed E-state index contributed by atoms with van der Waals surface area (Å²) in [6.45, 7) is 13.2. The van der Waals surface area contributed by atoms with Gasteiger partial charge in [0.15, 0.2) is 26.5 Å². The first-order chi connectivity index (χ1) is 11.1. The lowest BCUT2D eigenvalue weighted by Gasteiger charge is -2.60. The molecule has 0 radical (unpaired) electrons. The van der Waals surface area contributed by atoms with Crippen molar-refractivity contribution in [1.82, 2.24) is 0 Å². The van der Waals surface area contributed by atoms with Crippen LogP contribution in [0.4, 0.5) is 0 Å². The molecule has 1 aliphatic carbocycles. The van der Waals surface area contributed by atoms with Crippen LogP contribution in [0.15, 0.2) is 0 Å². The number of rotatable bonds is 2. The molecule has 1 saturated carbocycles. The Morgan fingerprint density at radius 1 is 1.00 bits per heavy atom. The predicted octanol–water partition coefficient (Wildman–Crippen LogP) is 4.05. The quantitative estimate of drug-likeness (QED) is 0.552. The van der Waals surface area contributed by atoms with Crippen LogP contribution in [0.2, 0.25) is 19.6 Å². The second-order valence-electron chi connectivity index (χ2n) is 9.50. The van der Waals surface area contributed by atoms with Crippen molar-refractivity contribution >= 4 is 8.32 Å². The zero-order valence-electron chi connectivity index (χ0n) is 15.8. The summed E-state index contributed by atoms with van der Waals surface area (Å²) in [4.78, 5) is 12.0. The standard InChI is InChI=1S/C18H32O5Si/c1-11-7-8-14-12(2)15(21-24(4,5)6)19-16-18(14)13(11)9-10-17(3,20-16)22-23-18/h11-16H,7-10H2,1-6H3/t11-,12-,13+,14+,15+,16-,17-,18-/m1/s1. The largest absolute Gasteiger partial charge is 0.393 e. The van der Waals surface area contributed by atoms with E-state index in [2.05, 4.69) is 33.5 Å². The molecule has 8 atom stereocenters. The summed E-state index contributed by atoms with van der Waals surface area (Å²) in [7, 11) is -1.71.